The van der Waals surface area contributed by atoms with E-state index < -0.39 is 0 Å². The van der Waals surface area contributed by atoms with Crippen molar-refractivity contribution < 1.29 is 0 Å². The van der Waals surface area contributed by atoms with E-state index in [1.54, 1.807) is 0 Å². The summed E-state index contributed by atoms with van der Waals surface area (Å²) < 4.78 is 2.06. The highest BCUT2D eigenvalue weighted by Gasteiger charge is 2.07. The fourth-order valence-corrected chi connectivity index (χ4v) is 2.97. The van der Waals surface area contributed by atoms with Crippen molar-refractivity contribution in [2.24, 2.45) is 0 Å². The van der Waals surface area contributed by atoms with Crippen molar-refractivity contribution >= 4 is 17.4 Å². The standard InChI is InChI=1S/C14H19N3S/c1-4-17-12(8-10(2)16-17)9-18-14-7-5-6-13(15)11(14)3/h5-8H,4,9,15H2,1-3H3. The molecule has 2 aromatic rings. The predicted octanol–water partition coefficient (Wildman–Crippen LogP) is 3.39. The molecule has 0 fully saturated rings. The summed E-state index contributed by atoms with van der Waals surface area (Å²) in [6.07, 6.45) is 0. The maximum absolute atomic E-state index is 5.92. The van der Waals surface area contributed by atoms with Gasteiger partial charge in [0.15, 0.2) is 0 Å². The summed E-state index contributed by atoms with van der Waals surface area (Å²) in [4.78, 5) is 1.25. The lowest BCUT2D eigenvalue weighted by Gasteiger charge is -2.08. The molecule has 0 atom stereocenters. The molecule has 2 rings (SSSR count). The Labute approximate surface area is 112 Å². The van der Waals surface area contributed by atoms with Crippen LogP contribution in [-0.2, 0) is 12.3 Å². The van der Waals surface area contributed by atoms with E-state index in [2.05, 4.69) is 35.8 Å². The molecule has 1 aromatic heterocycles. The van der Waals surface area contributed by atoms with Gasteiger partial charge < -0.3 is 5.73 Å². The Kier molecular flexibility index (Phi) is 3.97. The number of thioether (sulfide) groups is 1. The first kappa shape index (κ1) is 13.0. The molecular weight excluding hydrogens is 242 g/mol. The molecule has 2 N–H and O–H groups in total. The molecule has 0 radical (unpaired) electrons. The van der Waals surface area contributed by atoms with Crippen molar-refractivity contribution in [1.29, 1.82) is 0 Å². The number of anilines is 1. The van der Waals surface area contributed by atoms with E-state index in [0.717, 1.165) is 23.7 Å². The average molecular weight is 261 g/mol. The molecule has 0 aliphatic rings. The van der Waals surface area contributed by atoms with Crippen molar-refractivity contribution in [1.82, 2.24) is 9.78 Å². The van der Waals surface area contributed by atoms with E-state index in [9.17, 15) is 0 Å². The van der Waals surface area contributed by atoms with Crippen LogP contribution in [0.15, 0.2) is 29.2 Å². The molecule has 18 heavy (non-hydrogen) atoms. The predicted molar refractivity (Wildman–Crippen MR) is 77.8 cm³/mol. The van der Waals surface area contributed by atoms with Crippen molar-refractivity contribution in [2.45, 2.75) is 38.0 Å². The SMILES string of the molecule is CCn1nc(C)cc1CSc1cccc(N)c1C. The lowest BCUT2D eigenvalue weighted by molar-refractivity contribution is 0.632. The third kappa shape index (κ3) is 2.70. The number of nitrogen functional groups attached to an aromatic ring is 1. The van der Waals surface area contributed by atoms with E-state index in [4.69, 9.17) is 5.73 Å². The average Bonchev–Trinajstić information content (AvgIpc) is 2.71. The topological polar surface area (TPSA) is 43.8 Å². The van der Waals surface area contributed by atoms with Gasteiger partial charge in [-0.3, -0.25) is 4.68 Å². The first-order valence-electron chi connectivity index (χ1n) is 6.13. The minimum Gasteiger partial charge on any atom is -0.398 e. The fraction of sp³-hybridized carbons (Fsp3) is 0.357. The Balaban J connectivity index is 2.13. The number of aryl methyl sites for hydroxylation is 2. The van der Waals surface area contributed by atoms with Gasteiger partial charge in [0, 0.05) is 28.6 Å². The van der Waals surface area contributed by atoms with Crippen molar-refractivity contribution in [2.75, 3.05) is 5.73 Å². The normalized spacial score (nSPS) is 10.8. The van der Waals surface area contributed by atoms with Crippen LogP contribution in [0.5, 0.6) is 0 Å². The maximum Gasteiger partial charge on any atom is 0.0596 e. The number of rotatable bonds is 4. The zero-order valence-electron chi connectivity index (χ0n) is 11.1. The van der Waals surface area contributed by atoms with Crippen LogP contribution in [0, 0.1) is 13.8 Å². The third-order valence-electron chi connectivity index (χ3n) is 2.99. The summed E-state index contributed by atoms with van der Waals surface area (Å²) in [5, 5.41) is 4.46. The van der Waals surface area contributed by atoms with Gasteiger partial charge in [-0.2, -0.15) is 5.10 Å². The molecule has 1 heterocycles. The summed E-state index contributed by atoms with van der Waals surface area (Å²) in [7, 11) is 0. The van der Waals surface area contributed by atoms with Crippen LogP contribution < -0.4 is 5.73 Å². The minimum atomic E-state index is 0.861. The third-order valence-corrected chi connectivity index (χ3v) is 4.18. The Morgan fingerprint density at radius 3 is 2.83 bits per heavy atom. The van der Waals surface area contributed by atoms with E-state index in [-0.39, 0.29) is 0 Å². The van der Waals surface area contributed by atoms with Crippen LogP contribution in [0.2, 0.25) is 0 Å². The monoisotopic (exact) mass is 261 g/mol. The van der Waals surface area contributed by atoms with Crippen molar-refractivity contribution in [3.05, 3.63) is 41.2 Å². The van der Waals surface area contributed by atoms with Gasteiger partial charge >= 0.3 is 0 Å². The number of nitrogens with two attached hydrogens (primary N) is 1. The van der Waals surface area contributed by atoms with Gasteiger partial charge in [-0.05, 0) is 44.5 Å². The van der Waals surface area contributed by atoms with E-state index in [0.29, 0.717) is 0 Å². The number of nitrogens with zero attached hydrogens (tertiary/aromatic N) is 2. The van der Waals surface area contributed by atoms with Crippen LogP contribution in [0.4, 0.5) is 5.69 Å². The summed E-state index contributed by atoms with van der Waals surface area (Å²) in [5.41, 5.74) is 10.3. The lowest BCUT2D eigenvalue weighted by Crippen LogP contribution is -2.01. The zero-order valence-corrected chi connectivity index (χ0v) is 11.9. The zero-order chi connectivity index (χ0) is 13.1. The second-order valence-electron chi connectivity index (χ2n) is 4.35. The quantitative estimate of drug-likeness (QED) is 0.677. The molecule has 4 heteroatoms. The van der Waals surface area contributed by atoms with Gasteiger partial charge in [-0.1, -0.05) is 6.07 Å². The van der Waals surface area contributed by atoms with Crippen molar-refractivity contribution in [3.63, 3.8) is 0 Å². The smallest absolute Gasteiger partial charge is 0.0596 e. The second-order valence-corrected chi connectivity index (χ2v) is 5.37. The van der Waals surface area contributed by atoms with Gasteiger partial charge in [0.25, 0.3) is 0 Å². The molecule has 1 aromatic carbocycles. The highest BCUT2D eigenvalue weighted by molar-refractivity contribution is 7.98. The van der Waals surface area contributed by atoms with Crippen LogP contribution >= 0.6 is 11.8 Å². The maximum atomic E-state index is 5.92. The highest BCUT2D eigenvalue weighted by atomic mass is 32.2. The van der Waals surface area contributed by atoms with Crippen molar-refractivity contribution in [3.8, 4) is 0 Å². The Morgan fingerprint density at radius 2 is 2.11 bits per heavy atom. The van der Waals surface area contributed by atoms with Crippen LogP contribution in [0.25, 0.3) is 0 Å². The van der Waals surface area contributed by atoms with Gasteiger partial charge in [0.2, 0.25) is 0 Å². The van der Waals surface area contributed by atoms with Gasteiger partial charge in [0.1, 0.15) is 0 Å². The Morgan fingerprint density at radius 1 is 1.33 bits per heavy atom. The number of benzene rings is 1. The fourth-order valence-electron chi connectivity index (χ4n) is 1.93. The van der Waals surface area contributed by atoms with Gasteiger partial charge in [0.05, 0.1) is 5.69 Å². The minimum absolute atomic E-state index is 0.861. The van der Waals surface area contributed by atoms with Crippen LogP contribution in [-0.4, -0.2) is 9.78 Å². The van der Waals surface area contributed by atoms with E-state index in [1.165, 1.54) is 16.2 Å². The van der Waals surface area contributed by atoms with Gasteiger partial charge in [-0.25, -0.2) is 0 Å². The summed E-state index contributed by atoms with van der Waals surface area (Å²) in [6.45, 7) is 7.14. The Hall–Kier alpha value is -1.42. The first-order chi connectivity index (χ1) is 8.61. The molecular formula is C14H19N3S. The number of hydrogen-bond acceptors (Lipinski definition) is 3. The molecule has 3 nitrogen and oxygen atoms in total. The van der Waals surface area contributed by atoms with Gasteiger partial charge in [-0.15, -0.1) is 11.8 Å². The molecule has 0 saturated heterocycles. The lowest BCUT2D eigenvalue weighted by atomic mass is 10.2. The van der Waals surface area contributed by atoms with Crippen LogP contribution in [0.3, 0.4) is 0 Å². The Bertz CT molecular complexity index is 546. The number of hydrogen-bond donors (Lipinski definition) is 1. The van der Waals surface area contributed by atoms with Crippen LogP contribution in [0.1, 0.15) is 23.9 Å². The summed E-state index contributed by atoms with van der Waals surface area (Å²) >= 11 is 1.82. The largest absolute Gasteiger partial charge is 0.398 e. The summed E-state index contributed by atoms with van der Waals surface area (Å²) in [5.74, 6) is 0.930. The summed E-state index contributed by atoms with van der Waals surface area (Å²) in [6, 6.07) is 8.22. The van der Waals surface area contributed by atoms with E-state index in [1.807, 2.05) is 30.8 Å². The molecule has 0 saturated carbocycles. The van der Waals surface area contributed by atoms with E-state index >= 15 is 0 Å². The molecule has 0 bridgehead atoms. The molecule has 0 aliphatic heterocycles. The molecule has 96 valence electrons. The molecule has 0 unspecified atom stereocenters. The molecule has 0 aliphatic carbocycles. The molecule has 0 spiro atoms. The second kappa shape index (κ2) is 5.48. The molecule has 0 amide bonds. The number of aromatic nitrogens is 2. The highest BCUT2D eigenvalue weighted by Crippen LogP contribution is 2.29. The first-order valence-corrected chi connectivity index (χ1v) is 7.11.